The van der Waals surface area contributed by atoms with Crippen LogP contribution >= 0.6 is 0 Å². The maximum absolute atomic E-state index is 14.3. The Balaban J connectivity index is 1.61. The van der Waals surface area contributed by atoms with Crippen LogP contribution in [0.25, 0.3) is 10.8 Å². The fraction of sp³-hybridized carbons (Fsp3) is 0.385. The molecule has 3 aromatic carbocycles. The van der Waals surface area contributed by atoms with Crippen molar-refractivity contribution in [3.8, 4) is 0 Å². The lowest BCUT2D eigenvalue weighted by Crippen LogP contribution is -2.60. The predicted molar refractivity (Wildman–Crippen MR) is 212 cm³/mol. The van der Waals surface area contributed by atoms with Gasteiger partial charge in [0.1, 0.15) is 24.2 Å². The molecule has 10 N–H and O–H groups in total. The summed E-state index contributed by atoms with van der Waals surface area (Å²) in [5.41, 5.74) is 12.3. The Kier molecular flexibility index (Phi) is 15.2. The van der Waals surface area contributed by atoms with E-state index in [1.54, 1.807) is 30.3 Å². The van der Waals surface area contributed by atoms with E-state index in [2.05, 4.69) is 36.0 Å². The summed E-state index contributed by atoms with van der Waals surface area (Å²) in [6, 6.07) is 17.5. The molecule has 1 aromatic heterocycles. The number of carbonyl (C=O) groups excluding carboxylic acids is 5. The minimum atomic E-state index is -3.39. The molecule has 17 heteroatoms. The normalized spacial score (nSPS) is 13.9. The Morgan fingerprint density at radius 1 is 0.732 bits per heavy atom. The second-order valence-corrected chi connectivity index (χ2v) is 16.2. The Labute approximate surface area is 326 Å². The smallest absolute Gasteiger partial charge is 0.243 e. The minimum Gasteiger partial charge on any atom is -0.368 e. The molecule has 56 heavy (non-hydrogen) atoms. The van der Waals surface area contributed by atoms with Crippen molar-refractivity contribution in [2.75, 3.05) is 12.8 Å². The third-order valence-corrected chi connectivity index (χ3v) is 9.66. The molecular formula is C39H51N9O7S. The van der Waals surface area contributed by atoms with Gasteiger partial charge in [0, 0.05) is 37.7 Å². The molecule has 1 heterocycles. The van der Waals surface area contributed by atoms with E-state index in [9.17, 15) is 32.4 Å². The summed E-state index contributed by atoms with van der Waals surface area (Å²) < 4.78 is 25.2. The number of primary amides is 1. The van der Waals surface area contributed by atoms with Crippen LogP contribution in [0.5, 0.6) is 0 Å². The van der Waals surface area contributed by atoms with Crippen LogP contribution in [0.1, 0.15) is 49.9 Å². The van der Waals surface area contributed by atoms with E-state index in [0.717, 1.165) is 17.0 Å². The van der Waals surface area contributed by atoms with Crippen LogP contribution in [0.4, 0.5) is 0 Å². The van der Waals surface area contributed by atoms with Gasteiger partial charge in [0.05, 0.1) is 18.1 Å². The number of aromatic amines is 1. The van der Waals surface area contributed by atoms with Gasteiger partial charge >= 0.3 is 0 Å². The zero-order valence-electron chi connectivity index (χ0n) is 31.7. The highest BCUT2D eigenvalue weighted by molar-refractivity contribution is 7.88. The average molecular weight is 790 g/mol. The SMILES string of the molecule is CC(C)(N)C(=O)N[C@@H](Cc1cnc[nH]1)C(=O)N[C@H](Cc1ccc2ccccc2c1)C(=O)N[C@H](Cc1ccccc1)C(=O)N[C@@H](CCCCNS(C)(=O)=O)C(N)=O. The molecule has 300 valence electrons. The number of imidazole rings is 1. The number of H-pyrrole nitrogens is 1. The largest absolute Gasteiger partial charge is 0.368 e. The van der Waals surface area contributed by atoms with Crippen molar-refractivity contribution >= 4 is 50.3 Å². The van der Waals surface area contributed by atoms with E-state index in [4.69, 9.17) is 11.5 Å². The molecule has 0 radical (unpaired) electrons. The van der Waals surface area contributed by atoms with E-state index in [-0.39, 0.29) is 32.2 Å². The van der Waals surface area contributed by atoms with Crippen LogP contribution in [0.15, 0.2) is 85.3 Å². The number of fused-ring (bicyclic) bond motifs is 1. The summed E-state index contributed by atoms with van der Waals surface area (Å²) in [4.78, 5) is 74.6. The van der Waals surface area contributed by atoms with Gasteiger partial charge in [0.2, 0.25) is 39.6 Å². The number of aromatic nitrogens is 2. The first-order chi connectivity index (χ1) is 26.5. The molecule has 0 spiro atoms. The molecule has 5 amide bonds. The van der Waals surface area contributed by atoms with Gasteiger partial charge in [0.25, 0.3) is 0 Å². The molecule has 0 aliphatic heterocycles. The molecule has 4 aromatic rings. The van der Waals surface area contributed by atoms with E-state index >= 15 is 0 Å². The summed E-state index contributed by atoms with van der Waals surface area (Å²) in [7, 11) is -3.39. The summed E-state index contributed by atoms with van der Waals surface area (Å²) in [6.45, 7) is 3.15. The number of nitrogens with one attached hydrogen (secondary N) is 6. The summed E-state index contributed by atoms with van der Waals surface area (Å²) in [6.07, 6.45) is 4.92. The topological polar surface area (TPSA) is 260 Å². The predicted octanol–water partition coefficient (Wildman–Crippen LogP) is 0.472. The Morgan fingerprint density at radius 2 is 1.30 bits per heavy atom. The maximum atomic E-state index is 14.3. The first-order valence-electron chi connectivity index (χ1n) is 18.2. The van der Waals surface area contributed by atoms with Crippen LogP contribution < -0.4 is 37.5 Å². The average Bonchev–Trinajstić information content (AvgIpc) is 3.66. The van der Waals surface area contributed by atoms with Crippen molar-refractivity contribution in [3.05, 3.63) is 102 Å². The van der Waals surface area contributed by atoms with Crippen LogP contribution in [0.3, 0.4) is 0 Å². The van der Waals surface area contributed by atoms with Crippen molar-refractivity contribution in [2.45, 2.75) is 82.1 Å². The number of nitrogens with two attached hydrogens (primary N) is 2. The van der Waals surface area contributed by atoms with Gasteiger partial charge in [-0.05, 0) is 55.0 Å². The number of hydrogen-bond donors (Lipinski definition) is 8. The summed E-state index contributed by atoms with van der Waals surface area (Å²) in [5.74, 6) is -3.46. The molecule has 0 saturated heterocycles. The number of unbranched alkanes of at least 4 members (excludes halogenated alkanes) is 1. The van der Waals surface area contributed by atoms with Gasteiger partial charge in [-0.25, -0.2) is 18.1 Å². The number of rotatable bonds is 21. The Bertz CT molecular complexity index is 2070. The lowest BCUT2D eigenvalue weighted by molar-refractivity contribution is -0.134. The number of amides is 5. The fourth-order valence-electron chi connectivity index (χ4n) is 5.87. The monoisotopic (exact) mass is 789 g/mol. The van der Waals surface area contributed by atoms with E-state index in [1.807, 2.05) is 42.5 Å². The summed E-state index contributed by atoms with van der Waals surface area (Å²) in [5, 5.41) is 12.8. The zero-order valence-corrected chi connectivity index (χ0v) is 32.5. The number of carbonyl (C=O) groups is 5. The second kappa shape index (κ2) is 19.8. The molecule has 4 atom stereocenters. The van der Waals surface area contributed by atoms with Gasteiger partial charge in [-0.1, -0.05) is 72.8 Å². The standard InChI is InChI=1S/C39H51N9O7S/c1-39(2,41)38(53)48-33(22-29-23-42-24-43-29)37(52)47-32(21-26-16-17-27-13-7-8-14-28(27)19-26)36(51)46-31(20-25-11-5-4-6-12-25)35(50)45-30(34(40)49)15-9-10-18-44-56(3,54)55/h4-8,11-14,16-17,19,23-24,30-33,44H,9-10,15,18,20-22,41H2,1-3H3,(H2,40,49)(H,42,43)(H,45,50)(H,46,51)(H,47,52)(H,48,53)/t30-,31+,32+,33-/m0/s1. The minimum absolute atomic E-state index is 0.00975. The van der Waals surface area contributed by atoms with Gasteiger partial charge < -0.3 is 37.7 Å². The van der Waals surface area contributed by atoms with Crippen molar-refractivity contribution in [1.29, 1.82) is 0 Å². The zero-order chi connectivity index (χ0) is 40.9. The number of benzene rings is 3. The molecule has 0 unspecified atom stereocenters. The number of hydrogen-bond acceptors (Lipinski definition) is 9. The Morgan fingerprint density at radius 3 is 1.88 bits per heavy atom. The molecule has 16 nitrogen and oxygen atoms in total. The van der Waals surface area contributed by atoms with Crippen molar-refractivity contribution in [3.63, 3.8) is 0 Å². The molecular weight excluding hydrogens is 739 g/mol. The van der Waals surface area contributed by atoms with Crippen LogP contribution in [-0.2, 0) is 53.3 Å². The van der Waals surface area contributed by atoms with Gasteiger partial charge in [0.15, 0.2) is 0 Å². The second-order valence-electron chi connectivity index (χ2n) is 14.4. The van der Waals surface area contributed by atoms with Crippen molar-refractivity contribution in [2.24, 2.45) is 11.5 Å². The number of sulfonamides is 1. The molecule has 0 fully saturated rings. The molecule has 0 saturated carbocycles. The van der Waals surface area contributed by atoms with Gasteiger partial charge in [-0.3, -0.25) is 24.0 Å². The Hall–Kier alpha value is -5.65. The summed E-state index contributed by atoms with van der Waals surface area (Å²) >= 11 is 0. The van der Waals surface area contributed by atoms with Gasteiger partial charge in [-0.2, -0.15) is 0 Å². The van der Waals surface area contributed by atoms with E-state index in [0.29, 0.717) is 29.7 Å². The van der Waals surface area contributed by atoms with Crippen LogP contribution in [-0.4, -0.2) is 90.4 Å². The quantitative estimate of drug-likeness (QED) is 0.0545. The first kappa shape index (κ1) is 43.1. The number of nitrogens with zero attached hydrogens (tertiary/aromatic N) is 1. The van der Waals surface area contributed by atoms with Crippen molar-refractivity contribution in [1.82, 2.24) is 36.0 Å². The van der Waals surface area contributed by atoms with E-state index in [1.165, 1.54) is 26.4 Å². The van der Waals surface area contributed by atoms with Gasteiger partial charge in [-0.15, -0.1) is 0 Å². The highest BCUT2D eigenvalue weighted by atomic mass is 32.2. The highest BCUT2D eigenvalue weighted by Gasteiger charge is 2.33. The van der Waals surface area contributed by atoms with Crippen LogP contribution in [0.2, 0.25) is 0 Å². The molecule has 4 rings (SSSR count). The third kappa shape index (κ3) is 13.9. The van der Waals surface area contributed by atoms with Crippen molar-refractivity contribution < 1.29 is 32.4 Å². The fourth-order valence-corrected chi connectivity index (χ4v) is 6.39. The maximum Gasteiger partial charge on any atom is 0.243 e. The highest BCUT2D eigenvalue weighted by Crippen LogP contribution is 2.17. The first-order valence-corrected chi connectivity index (χ1v) is 20.1. The van der Waals surface area contributed by atoms with E-state index < -0.39 is 69.3 Å². The molecule has 0 bridgehead atoms. The molecule has 0 aliphatic carbocycles. The lowest BCUT2D eigenvalue weighted by atomic mass is 9.99. The third-order valence-electron chi connectivity index (χ3n) is 8.93. The molecule has 0 aliphatic rings. The lowest BCUT2D eigenvalue weighted by Gasteiger charge is -2.27. The van der Waals surface area contributed by atoms with Crippen LogP contribution in [0, 0.1) is 0 Å².